The fraction of sp³-hybridized carbons (Fsp3) is 0.100. The molecule has 2 aromatic carbocycles. The number of halogens is 6. The van der Waals surface area contributed by atoms with Crippen LogP contribution >= 0.6 is 0 Å². The van der Waals surface area contributed by atoms with Crippen LogP contribution in [0.4, 0.5) is 26.3 Å². The van der Waals surface area contributed by atoms with Crippen LogP contribution in [0.15, 0.2) is 54.6 Å². The molecule has 9 heteroatoms. The third-order valence-corrected chi connectivity index (χ3v) is 3.91. The number of hydrogen-bond donors (Lipinski definition) is 0. The van der Waals surface area contributed by atoms with Crippen LogP contribution < -0.4 is 0 Å². The molecule has 1 heterocycles. The van der Waals surface area contributed by atoms with E-state index in [1.54, 1.807) is 36.4 Å². The predicted molar refractivity (Wildman–Crippen MR) is 93.7 cm³/mol. The summed E-state index contributed by atoms with van der Waals surface area (Å²) in [5, 5.41) is 12.0. The zero-order valence-corrected chi connectivity index (χ0v) is 14.5. The minimum absolute atomic E-state index is 0.0179. The molecule has 0 aliphatic rings. The van der Waals surface area contributed by atoms with Gasteiger partial charge in [0.05, 0.1) is 17.3 Å². The summed E-state index contributed by atoms with van der Waals surface area (Å²) in [6.45, 7) is 0. The Balaban J connectivity index is 1.91. The fourth-order valence-corrected chi connectivity index (χ4v) is 2.55. The van der Waals surface area contributed by atoms with Crippen molar-refractivity contribution in [1.82, 2.24) is 9.78 Å². The number of nitriles is 1. The number of benzene rings is 2. The van der Waals surface area contributed by atoms with E-state index in [0.29, 0.717) is 11.1 Å². The Bertz CT molecular complexity index is 1080. The Morgan fingerprint density at radius 1 is 0.828 bits per heavy atom. The zero-order valence-electron chi connectivity index (χ0n) is 14.5. The van der Waals surface area contributed by atoms with E-state index in [9.17, 15) is 26.3 Å². The van der Waals surface area contributed by atoms with E-state index in [-0.39, 0.29) is 16.4 Å². The fourth-order valence-electron chi connectivity index (χ4n) is 2.55. The van der Waals surface area contributed by atoms with Crippen molar-refractivity contribution in [3.05, 3.63) is 82.7 Å². The molecule has 0 bridgehead atoms. The number of rotatable bonds is 3. The molecule has 3 nitrogen and oxygen atoms in total. The van der Waals surface area contributed by atoms with E-state index in [0.717, 1.165) is 5.56 Å². The summed E-state index contributed by atoms with van der Waals surface area (Å²) in [5.74, 6) is 0. The standard InChI is InChI=1S/C20H11F6N3/c21-19(22,23)17-11-18(20(24,25)26)29(28-17)16-8-6-13(7-9-16)4-5-14-2-1-3-15(10-14)12-27/h1-11H/b5-4+. The van der Waals surface area contributed by atoms with Crippen molar-refractivity contribution in [3.63, 3.8) is 0 Å². The Morgan fingerprint density at radius 3 is 2.07 bits per heavy atom. The van der Waals surface area contributed by atoms with Crippen LogP contribution in [-0.2, 0) is 12.4 Å². The molecule has 0 aliphatic carbocycles. The monoisotopic (exact) mass is 407 g/mol. The third kappa shape index (κ3) is 4.66. The predicted octanol–water partition coefficient (Wildman–Crippen LogP) is 5.95. The maximum absolute atomic E-state index is 13.1. The average molecular weight is 407 g/mol. The molecule has 0 amide bonds. The van der Waals surface area contributed by atoms with Gasteiger partial charge in [-0.25, -0.2) is 4.68 Å². The zero-order chi connectivity index (χ0) is 21.2. The number of alkyl halides is 6. The van der Waals surface area contributed by atoms with Gasteiger partial charge in [-0.1, -0.05) is 36.4 Å². The van der Waals surface area contributed by atoms with E-state index in [1.165, 1.54) is 24.3 Å². The molecule has 0 N–H and O–H groups in total. The molecular formula is C20H11F6N3. The summed E-state index contributed by atoms with van der Waals surface area (Å²) in [7, 11) is 0. The second-order valence-electron chi connectivity index (χ2n) is 5.98. The molecule has 0 saturated carbocycles. The van der Waals surface area contributed by atoms with Gasteiger partial charge in [0.15, 0.2) is 5.69 Å². The van der Waals surface area contributed by atoms with E-state index >= 15 is 0 Å². The molecule has 148 valence electrons. The van der Waals surface area contributed by atoms with Crippen molar-refractivity contribution < 1.29 is 26.3 Å². The third-order valence-electron chi connectivity index (χ3n) is 3.91. The SMILES string of the molecule is N#Cc1cccc(/C=C/c2ccc(-n3nc(C(F)(F)F)cc3C(F)(F)F)cc2)c1. The first-order valence-corrected chi connectivity index (χ1v) is 8.11. The lowest BCUT2D eigenvalue weighted by atomic mass is 10.1. The summed E-state index contributed by atoms with van der Waals surface area (Å²) < 4.78 is 78.0. The van der Waals surface area contributed by atoms with Gasteiger partial charge in [0, 0.05) is 6.07 Å². The Morgan fingerprint density at radius 2 is 1.48 bits per heavy atom. The summed E-state index contributed by atoms with van der Waals surface area (Å²) in [6.07, 6.45) is -6.63. The van der Waals surface area contributed by atoms with Crippen molar-refractivity contribution in [2.75, 3.05) is 0 Å². The molecule has 0 aliphatic heterocycles. The molecule has 0 radical (unpaired) electrons. The average Bonchev–Trinajstić information content (AvgIpc) is 3.13. The van der Waals surface area contributed by atoms with Gasteiger partial charge >= 0.3 is 12.4 Å². The molecule has 0 atom stereocenters. The van der Waals surface area contributed by atoms with Gasteiger partial charge < -0.3 is 0 Å². The lowest BCUT2D eigenvalue weighted by Gasteiger charge is -2.10. The van der Waals surface area contributed by atoms with Crippen LogP contribution in [-0.4, -0.2) is 9.78 Å². The van der Waals surface area contributed by atoms with Gasteiger partial charge in [0.1, 0.15) is 5.69 Å². The van der Waals surface area contributed by atoms with Crippen molar-refractivity contribution in [2.24, 2.45) is 0 Å². The van der Waals surface area contributed by atoms with E-state index < -0.39 is 23.7 Å². The highest BCUT2D eigenvalue weighted by molar-refractivity contribution is 5.70. The van der Waals surface area contributed by atoms with Gasteiger partial charge in [-0.2, -0.15) is 36.7 Å². The molecule has 0 saturated heterocycles. The van der Waals surface area contributed by atoms with Crippen LogP contribution in [0.2, 0.25) is 0 Å². The summed E-state index contributed by atoms with van der Waals surface area (Å²) in [5.41, 5.74) is -1.47. The highest BCUT2D eigenvalue weighted by atomic mass is 19.4. The summed E-state index contributed by atoms with van der Waals surface area (Å²) in [6, 6.07) is 14.2. The normalized spacial score (nSPS) is 12.3. The first kappa shape index (κ1) is 20.2. The molecule has 3 rings (SSSR count). The van der Waals surface area contributed by atoms with Gasteiger partial charge in [0.25, 0.3) is 0 Å². The van der Waals surface area contributed by atoms with Crippen LogP contribution in [0.1, 0.15) is 28.1 Å². The van der Waals surface area contributed by atoms with Gasteiger partial charge in [0.2, 0.25) is 0 Å². The molecule has 1 aromatic heterocycles. The van der Waals surface area contributed by atoms with Gasteiger partial charge in [-0.3, -0.25) is 0 Å². The molecule has 29 heavy (non-hydrogen) atoms. The van der Waals surface area contributed by atoms with Crippen molar-refractivity contribution >= 4 is 12.2 Å². The molecule has 0 unspecified atom stereocenters. The maximum Gasteiger partial charge on any atom is 0.435 e. The van der Waals surface area contributed by atoms with Crippen LogP contribution in [0, 0.1) is 11.3 Å². The second-order valence-corrected chi connectivity index (χ2v) is 5.98. The lowest BCUT2D eigenvalue weighted by Crippen LogP contribution is -2.13. The number of hydrogen-bond acceptors (Lipinski definition) is 2. The van der Waals surface area contributed by atoms with Crippen molar-refractivity contribution in [1.29, 1.82) is 5.26 Å². The summed E-state index contributed by atoms with van der Waals surface area (Å²) in [4.78, 5) is 0. The van der Waals surface area contributed by atoms with E-state index in [4.69, 9.17) is 5.26 Å². The quantitative estimate of drug-likeness (QED) is 0.398. The maximum atomic E-state index is 13.1. The van der Waals surface area contributed by atoms with Gasteiger partial charge in [-0.15, -0.1) is 0 Å². The molecule has 0 fully saturated rings. The number of nitrogens with zero attached hydrogens (tertiary/aromatic N) is 3. The van der Waals surface area contributed by atoms with Crippen LogP contribution in [0.25, 0.3) is 17.8 Å². The van der Waals surface area contributed by atoms with Gasteiger partial charge in [-0.05, 0) is 35.4 Å². The lowest BCUT2D eigenvalue weighted by molar-refractivity contribution is -0.143. The topological polar surface area (TPSA) is 41.6 Å². The van der Waals surface area contributed by atoms with Crippen LogP contribution in [0.5, 0.6) is 0 Å². The van der Waals surface area contributed by atoms with Crippen molar-refractivity contribution in [3.8, 4) is 11.8 Å². The van der Waals surface area contributed by atoms with Crippen molar-refractivity contribution in [2.45, 2.75) is 12.4 Å². The summed E-state index contributed by atoms with van der Waals surface area (Å²) >= 11 is 0. The largest absolute Gasteiger partial charge is 0.435 e. The second kappa shape index (κ2) is 7.47. The molecular weight excluding hydrogens is 396 g/mol. The van der Waals surface area contributed by atoms with Crippen LogP contribution in [0.3, 0.4) is 0 Å². The van der Waals surface area contributed by atoms with E-state index in [2.05, 4.69) is 5.10 Å². The Labute approximate surface area is 161 Å². The highest BCUT2D eigenvalue weighted by Crippen LogP contribution is 2.36. The highest BCUT2D eigenvalue weighted by Gasteiger charge is 2.42. The Hall–Kier alpha value is -3.54. The first-order valence-electron chi connectivity index (χ1n) is 8.11. The molecule has 0 spiro atoms. The number of aromatic nitrogens is 2. The molecule has 3 aromatic rings. The van der Waals surface area contributed by atoms with E-state index in [1.807, 2.05) is 6.07 Å². The first-order chi connectivity index (χ1) is 13.6. The minimum Gasteiger partial charge on any atom is -0.228 e. The minimum atomic E-state index is -5.00. The Kier molecular flexibility index (Phi) is 5.20. The smallest absolute Gasteiger partial charge is 0.228 e.